The van der Waals surface area contributed by atoms with Crippen LogP contribution in [0.25, 0.3) is 0 Å². The van der Waals surface area contributed by atoms with Crippen LogP contribution in [0.1, 0.15) is 6.92 Å². The predicted octanol–water partition coefficient (Wildman–Crippen LogP) is -1.32. The van der Waals surface area contributed by atoms with E-state index in [0.29, 0.717) is 0 Å². The molecular weight excluding hydrogens is 122 g/mol. The number of aliphatic hydroxyl groups excluding tert-OH is 1. The second kappa shape index (κ2) is 4.03. The van der Waals surface area contributed by atoms with Crippen LogP contribution >= 0.6 is 0 Å². The van der Waals surface area contributed by atoms with Gasteiger partial charge in [-0.3, -0.25) is 9.59 Å². The van der Waals surface area contributed by atoms with Gasteiger partial charge in [0.25, 0.3) is 5.91 Å². The number of carbonyl (C=O) groups excluding carboxylic acids is 2. The lowest BCUT2D eigenvalue weighted by Gasteiger charge is -2.01. The van der Waals surface area contributed by atoms with Crippen molar-refractivity contribution >= 4 is 12.2 Å². The molecule has 0 saturated heterocycles. The molecule has 0 aliphatic rings. The third-order valence-corrected chi connectivity index (χ3v) is 0.679. The van der Waals surface area contributed by atoms with Crippen LogP contribution in [0.3, 0.4) is 0 Å². The van der Waals surface area contributed by atoms with Gasteiger partial charge < -0.3 is 10.4 Å². The number of amides is 1. The highest BCUT2D eigenvalue weighted by molar-refractivity contribution is 6.23. The Morgan fingerprint density at radius 3 is 2.78 bits per heavy atom. The first-order valence-corrected chi connectivity index (χ1v) is 2.58. The van der Waals surface area contributed by atoms with Gasteiger partial charge >= 0.3 is 0 Å². The van der Waals surface area contributed by atoms with Crippen molar-refractivity contribution in [2.45, 2.75) is 13.0 Å². The summed E-state index contributed by atoms with van der Waals surface area (Å²) >= 11 is 0. The molecule has 0 rings (SSSR count). The highest BCUT2D eigenvalue weighted by Crippen LogP contribution is 1.72. The average Bonchev–Trinajstić information content (AvgIpc) is 1.83. The van der Waals surface area contributed by atoms with Gasteiger partial charge in [0, 0.05) is 6.54 Å². The minimum absolute atomic E-state index is 0.123. The molecule has 0 aromatic heterocycles. The molecule has 0 aliphatic heterocycles. The van der Waals surface area contributed by atoms with Crippen molar-refractivity contribution in [1.82, 2.24) is 5.32 Å². The normalized spacial score (nSPS) is 12.2. The quantitative estimate of drug-likeness (QED) is 0.369. The maximum Gasteiger partial charge on any atom is 0.284 e. The van der Waals surface area contributed by atoms with Crippen LogP contribution in [-0.2, 0) is 9.59 Å². The second-order valence-electron chi connectivity index (χ2n) is 1.71. The summed E-state index contributed by atoms with van der Waals surface area (Å²) in [6, 6.07) is 0. The van der Waals surface area contributed by atoms with Gasteiger partial charge in [0.2, 0.25) is 6.29 Å². The molecular formula is C5H9NO3. The molecule has 1 atom stereocenters. The number of rotatable bonds is 3. The van der Waals surface area contributed by atoms with E-state index in [-0.39, 0.29) is 12.8 Å². The summed E-state index contributed by atoms with van der Waals surface area (Å²) in [4.78, 5) is 19.7. The molecule has 52 valence electrons. The zero-order chi connectivity index (χ0) is 7.28. The molecule has 0 aromatic carbocycles. The first-order valence-electron chi connectivity index (χ1n) is 2.58. The number of nitrogens with one attached hydrogen (secondary N) is 1. The van der Waals surface area contributed by atoms with Crippen LogP contribution < -0.4 is 5.32 Å². The van der Waals surface area contributed by atoms with Crippen molar-refractivity contribution in [1.29, 1.82) is 0 Å². The molecule has 4 heteroatoms. The lowest BCUT2D eigenvalue weighted by Crippen LogP contribution is -2.31. The molecule has 0 radical (unpaired) electrons. The van der Waals surface area contributed by atoms with Crippen LogP contribution in [0.15, 0.2) is 0 Å². The topological polar surface area (TPSA) is 66.4 Å². The summed E-state index contributed by atoms with van der Waals surface area (Å²) in [5.74, 6) is -0.698. The van der Waals surface area contributed by atoms with E-state index in [1.165, 1.54) is 6.92 Å². The molecule has 9 heavy (non-hydrogen) atoms. The van der Waals surface area contributed by atoms with Gasteiger partial charge in [-0.1, -0.05) is 0 Å². The lowest BCUT2D eigenvalue weighted by atomic mass is 10.4. The fourth-order valence-corrected chi connectivity index (χ4v) is 0.290. The van der Waals surface area contributed by atoms with Crippen LogP contribution in [0, 0.1) is 0 Å². The highest BCUT2D eigenvalue weighted by atomic mass is 16.3. The van der Waals surface area contributed by atoms with E-state index < -0.39 is 12.0 Å². The zero-order valence-electron chi connectivity index (χ0n) is 5.13. The maximum atomic E-state index is 10.1. The first-order chi connectivity index (χ1) is 4.16. The van der Waals surface area contributed by atoms with Gasteiger partial charge in [-0.25, -0.2) is 0 Å². The number of aldehydes is 1. The number of carbonyl (C=O) groups is 2. The number of aliphatic hydroxyl groups is 1. The van der Waals surface area contributed by atoms with Crippen LogP contribution in [0.4, 0.5) is 0 Å². The van der Waals surface area contributed by atoms with Crippen molar-refractivity contribution in [3.8, 4) is 0 Å². The summed E-state index contributed by atoms with van der Waals surface area (Å²) in [6.45, 7) is 1.64. The van der Waals surface area contributed by atoms with Crippen molar-refractivity contribution in [2.75, 3.05) is 6.54 Å². The monoisotopic (exact) mass is 131 g/mol. The molecule has 0 fully saturated rings. The van der Waals surface area contributed by atoms with E-state index in [1.807, 2.05) is 0 Å². The summed E-state index contributed by atoms with van der Waals surface area (Å²) < 4.78 is 0. The molecule has 0 saturated carbocycles. The molecule has 1 amide bonds. The maximum absolute atomic E-state index is 10.1. The third-order valence-electron chi connectivity index (χ3n) is 0.679. The van der Waals surface area contributed by atoms with Crippen molar-refractivity contribution in [3.63, 3.8) is 0 Å². The standard InChI is InChI=1S/C5H9NO3/c1-4(8)2-6-5(9)3-7/h3-4,8H,2H2,1H3,(H,6,9). The second-order valence-corrected chi connectivity index (χ2v) is 1.71. The van der Waals surface area contributed by atoms with Gasteiger partial charge in [-0.05, 0) is 6.92 Å². The Morgan fingerprint density at radius 2 is 2.44 bits per heavy atom. The molecule has 0 aromatic rings. The smallest absolute Gasteiger partial charge is 0.284 e. The van der Waals surface area contributed by atoms with E-state index in [4.69, 9.17) is 5.11 Å². The largest absolute Gasteiger partial charge is 0.392 e. The van der Waals surface area contributed by atoms with Crippen molar-refractivity contribution in [2.24, 2.45) is 0 Å². The van der Waals surface area contributed by atoms with Gasteiger partial charge in [0.15, 0.2) is 0 Å². The third kappa shape index (κ3) is 4.96. The van der Waals surface area contributed by atoms with Crippen LogP contribution in [-0.4, -0.2) is 29.9 Å². The molecule has 4 nitrogen and oxygen atoms in total. The summed E-state index contributed by atoms with van der Waals surface area (Å²) in [5.41, 5.74) is 0. The average molecular weight is 131 g/mol. The van der Waals surface area contributed by atoms with E-state index >= 15 is 0 Å². The van der Waals surface area contributed by atoms with Crippen LogP contribution in [0.5, 0.6) is 0 Å². The minimum atomic E-state index is -0.698. The fourth-order valence-electron chi connectivity index (χ4n) is 0.290. The molecule has 2 N–H and O–H groups in total. The molecule has 1 unspecified atom stereocenters. The summed E-state index contributed by atoms with van der Waals surface area (Å²) in [7, 11) is 0. The van der Waals surface area contributed by atoms with Gasteiger partial charge in [-0.15, -0.1) is 0 Å². The Labute approximate surface area is 52.9 Å². The number of hydrogen-bond acceptors (Lipinski definition) is 3. The lowest BCUT2D eigenvalue weighted by molar-refractivity contribution is -0.131. The highest BCUT2D eigenvalue weighted by Gasteiger charge is 1.98. The van der Waals surface area contributed by atoms with Gasteiger partial charge in [-0.2, -0.15) is 0 Å². The SMILES string of the molecule is CC(O)CNC(=O)C=O. The van der Waals surface area contributed by atoms with Crippen LogP contribution in [0.2, 0.25) is 0 Å². The van der Waals surface area contributed by atoms with E-state index in [9.17, 15) is 9.59 Å². The molecule has 0 heterocycles. The van der Waals surface area contributed by atoms with Crippen molar-refractivity contribution < 1.29 is 14.7 Å². The predicted molar refractivity (Wildman–Crippen MR) is 30.8 cm³/mol. The zero-order valence-corrected chi connectivity index (χ0v) is 5.13. The Bertz CT molecular complexity index is 111. The Kier molecular flexibility index (Phi) is 3.62. The van der Waals surface area contributed by atoms with E-state index in [0.717, 1.165) is 0 Å². The number of hydrogen-bond donors (Lipinski definition) is 2. The Morgan fingerprint density at radius 1 is 1.89 bits per heavy atom. The first kappa shape index (κ1) is 8.10. The van der Waals surface area contributed by atoms with Gasteiger partial charge in [0.1, 0.15) is 0 Å². The summed E-state index contributed by atoms with van der Waals surface area (Å²) in [5, 5.41) is 10.7. The fraction of sp³-hybridized carbons (Fsp3) is 0.600. The minimum Gasteiger partial charge on any atom is -0.392 e. The van der Waals surface area contributed by atoms with E-state index in [2.05, 4.69) is 5.32 Å². The molecule has 0 aliphatic carbocycles. The summed E-state index contributed by atoms with van der Waals surface area (Å²) in [6.07, 6.45) is -0.434. The molecule has 0 spiro atoms. The van der Waals surface area contributed by atoms with Crippen molar-refractivity contribution in [3.05, 3.63) is 0 Å². The Hall–Kier alpha value is -0.900. The molecule has 0 bridgehead atoms. The van der Waals surface area contributed by atoms with E-state index in [1.54, 1.807) is 0 Å². The van der Waals surface area contributed by atoms with Gasteiger partial charge in [0.05, 0.1) is 6.10 Å². The Balaban J connectivity index is 3.27.